The van der Waals surface area contributed by atoms with Crippen LogP contribution in [0.1, 0.15) is 0 Å². The summed E-state index contributed by atoms with van der Waals surface area (Å²) in [7, 11) is 0. The van der Waals surface area contributed by atoms with Gasteiger partial charge in [0.05, 0.1) is 0 Å². The fourth-order valence-corrected chi connectivity index (χ4v) is 0. The number of hydrogen-bond donors (Lipinski definition) is 0. The van der Waals surface area contributed by atoms with Gasteiger partial charge in [-0.05, 0) is 0 Å². The second kappa shape index (κ2) is 39.3. The molecular weight excluding hydrogens is 694 g/mol. The van der Waals surface area contributed by atoms with Crippen LogP contribution < -0.4 is 0 Å². The molecule has 0 atom stereocenters. The standard InChI is InChI=1S/Ba.Bi.Fe.Mn.Nd.Sc.Ti.5H. The van der Waals surface area contributed by atoms with E-state index in [1.807, 2.05) is 0 Å². The van der Waals surface area contributed by atoms with Crippen molar-refractivity contribution >= 4 is 75.1 Å². The summed E-state index contributed by atoms with van der Waals surface area (Å²) in [6.07, 6.45) is 0. The Balaban J connectivity index is 0. The Morgan fingerprint density at radius 1 is 1.00 bits per heavy atom. The van der Waals surface area contributed by atoms with Gasteiger partial charge in [0.2, 0.25) is 0 Å². The average Bonchev–Trinajstić information content (AvgIpc) is 0. The van der Waals surface area contributed by atoms with E-state index in [1.54, 1.807) is 0 Å². The van der Waals surface area contributed by atoms with Crippen molar-refractivity contribution in [1.82, 2.24) is 0 Å². The van der Waals surface area contributed by atoms with E-state index < -0.39 is 0 Å². The summed E-state index contributed by atoms with van der Waals surface area (Å²) in [6, 6.07) is 0. The second-order valence-electron chi connectivity index (χ2n) is 0. The molecule has 38 valence electrons. The third-order valence-electron chi connectivity index (χ3n) is 0. The van der Waals surface area contributed by atoms with Gasteiger partial charge in [0.1, 0.15) is 0 Å². The molecule has 0 amide bonds. The van der Waals surface area contributed by atoms with Gasteiger partial charge in [-0.25, -0.2) is 0 Å². The maximum absolute atomic E-state index is 0. The molecule has 0 aliphatic carbocycles. The summed E-state index contributed by atoms with van der Waals surface area (Å²) in [5.41, 5.74) is 0. The maximum Gasteiger partial charge on any atom is 0 e. The first-order valence-corrected chi connectivity index (χ1v) is 0. The predicted octanol–water partition coefficient (Wildman–Crippen LogP) is -2.11. The fourth-order valence-electron chi connectivity index (χ4n) is 0. The molecule has 0 N–H and O–H groups in total. The van der Waals surface area contributed by atoms with Crippen LogP contribution in [0.15, 0.2) is 0 Å². The smallest absolute Gasteiger partial charge is 0 e. The quantitative estimate of drug-likeness (QED) is 0.255. The first-order chi connectivity index (χ1) is 0. The van der Waals surface area contributed by atoms with Gasteiger partial charge < -0.3 is 0 Å². The Kier molecular flexibility index (Phi) is 282. The summed E-state index contributed by atoms with van der Waals surface area (Å²) in [4.78, 5) is 0. The molecule has 0 saturated carbocycles. The molecule has 0 aromatic carbocycles. The molecule has 0 heterocycles. The van der Waals surface area contributed by atoms with Crippen molar-refractivity contribution in [2.24, 2.45) is 0 Å². The molecule has 0 rings (SSSR count). The molecule has 0 bridgehead atoms. The van der Waals surface area contributed by atoms with Crippen molar-refractivity contribution in [2.45, 2.75) is 0 Å². The van der Waals surface area contributed by atoms with Crippen LogP contribution >= 0.6 is 0 Å². The molecular formula is H5BaBiFeMnNdScTi. The molecule has 0 spiro atoms. The molecule has 0 nitrogen and oxygen atoms in total. The number of rotatable bonds is 0. The van der Waals surface area contributed by atoms with Crippen molar-refractivity contribution in [3.05, 3.63) is 0 Å². The van der Waals surface area contributed by atoms with Crippen LogP contribution in [0.3, 0.4) is 0 Å². The summed E-state index contributed by atoms with van der Waals surface area (Å²) >= 11 is 0. The Hall–Kier alpha value is 6.43. The van der Waals surface area contributed by atoms with Gasteiger partial charge in [-0.1, -0.05) is 0 Å². The Morgan fingerprint density at radius 3 is 1.00 bits per heavy atom. The summed E-state index contributed by atoms with van der Waals surface area (Å²) in [5, 5.41) is 0. The minimum Gasteiger partial charge on any atom is 0 e. The van der Waals surface area contributed by atoms with E-state index in [2.05, 4.69) is 0 Å². The zero-order valence-electron chi connectivity index (χ0n) is 3.02. The van der Waals surface area contributed by atoms with Gasteiger partial charge in [0, 0.05) is 123 Å². The third kappa shape index (κ3) is 32.7. The van der Waals surface area contributed by atoms with Crippen LogP contribution in [0.4, 0.5) is 0 Å². The van der Waals surface area contributed by atoms with Crippen molar-refractivity contribution in [3.8, 4) is 0 Å². The SMILES string of the molecule is [BaH2].[BiH3].[Fe].[Mn].[Nd].[Sc].[Ti]. The van der Waals surface area contributed by atoms with Gasteiger partial charge in [0.15, 0.2) is 0 Å². The van der Waals surface area contributed by atoms with E-state index >= 15 is 0 Å². The molecule has 7 heavy (non-hydrogen) atoms. The first-order valence-electron chi connectivity index (χ1n) is 0. The Morgan fingerprint density at radius 2 is 1.00 bits per heavy atom. The van der Waals surface area contributed by atoms with Gasteiger partial charge in [0.25, 0.3) is 0 Å². The molecule has 0 aliphatic rings. The first kappa shape index (κ1) is 50.2. The van der Waals surface area contributed by atoms with Gasteiger partial charge in [-0.15, -0.1) is 0 Å². The largest absolute Gasteiger partial charge is 0 e. The van der Waals surface area contributed by atoms with Crippen molar-refractivity contribution in [3.63, 3.8) is 0 Å². The van der Waals surface area contributed by atoms with E-state index in [9.17, 15) is 0 Å². The Labute approximate surface area is 191 Å². The minimum atomic E-state index is 0. The average molecular weight is 699 g/mol. The van der Waals surface area contributed by atoms with Crippen molar-refractivity contribution < 1.29 is 123 Å². The molecule has 0 aliphatic heterocycles. The van der Waals surface area contributed by atoms with Crippen LogP contribution in [-0.4, -0.2) is 75.1 Å². The van der Waals surface area contributed by atoms with E-state index in [-0.39, 0.29) is 198 Å². The van der Waals surface area contributed by atoms with Crippen molar-refractivity contribution in [1.29, 1.82) is 0 Å². The predicted molar refractivity (Wildman–Crippen MR) is 18.5 cm³/mol. The second-order valence-corrected chi connectivity index (χ2v) is 0. The zero-order chi connectivity index (χ0) is 0. The Bertz CT molecular complexity index is 19.7. The zero-order valence-corrected chi connectivity index (χ0v) is 17.4. The summed E-state index contributed by atoms with van der Waals surface area (Å²) in [6.45, 7) is 0. The molecule has 0 saturated heterocycles. The van der Waals surface area contributed by atoms with E-state index in [1.165, 1.54) is 0 Å². The monoisotopic (exact) mass is 698 g/mol. The molecule has 2 radical (unpaired) electrons. The molecule has 0 unspecified atom stereocenters. The van der Waals surface area contributed by atoms with Crippen molar-refractivity contribution in [2.75, 3.05) is 0 Å². The van der Waals surface area contributed by atoms with Crippen LogP contribution in [0.5, 0.6) is 0 Å². The van der Waals surface area contributed by atoms with Crippen LogP contribution in [0.2, 0.25) is 0 Å². The molecule has 0 fully saturated rings. The number of hydrogen-bond acceptors (Lipinski definition) is 0. The third-order valence-corrected chi connectivity index (χ3v) is 0. The van der Waals surface area contributed by atoms with Crippen LogP contribution in [0.25, 0.3) is 0 Å². The van der Waals surface area contributed by atoms with Gasteiger partial charge in [-0.3, -0.25) is 0 Å². The maximum atomic E-state index is 0. The summed E-state index contributed by atoms with van der Waals surface area (Å²) in [5.74, 6) is 0. The molecule has 0 aromatic heterocycles. The molecule has 0 aromatic rings. The topological polar surface area (TPSA) is 0 Å². The van der Waals surface area contributed by atoms with E-state index in [0.29, 0.717) is 0 Å². The van der Waals surface area contributed by atoms with Gasteiger partial charge >= 0.3 is 75.1 Å². The van der Waals surface area contributed by atoms with Gasteiger partial charge in [-0.2, -0.15) is 0 Å². The summed E-state index contributed by atoms with van der Waals surface area (Å²) < 4.78 is 0. The molecule has 7 heteroatoms. The normalized spacial score (nSPS) is 0. The van der Waals surface area contributed by atoms with E-state index in [4.69, 9.17) is 0 Å². The van der Waals surface area contributed by atoms with Crippen LogP contribution in [-0.2, 0) is 81.7 Å². The fraction of sp³-hybridized carbons (Fsp3) is 0. The van der Waals surface area contributed by atoms with Crippen LogP contribution in [0, 0.1) is 40.8 Å². The minimum absolute atomic E-state index is 0. The van der Waals surface area contributed by atoms with E-state index in [0.717, 1.165) is 0 Å².